The molecule has 0 bridgehead atoms. The lowest BCUT2D eigenvalue weighted by Gasteiger charge is -2.52. The molecular weight excluding hydrogens is 406 g/mol. The Kier molecular flexibility index (Phi) is 5.50. The first kappa shape index (κ1) is 21.3. The van der Waals surface area contributed by atoms with Gasteiger partial charge in [0.25, 0.3) is 0 Å². The Labute approximate surface area is 197 Å². The smallest absolute Gasteiger partial charge is 0.124 e. The summed E-state index contributed by atoms with van der Waals surface area (Å²) in [6, 6.07) is 13.1. The van der Waals surface area contributed by atoms with Crippen molar-refractivity contribution in [3.05, 3.63) is 59.7 Å². The molecule has 3 aliphatic rings. The van der Waals surface area contributed by atoms with Crippen LogP contribution >= 0.6 is 0 Å². The molecule has 0 amide bonds. The van der Waals surface area contributed by atoms with Crippen LogP contribution in [0.5, 0.6) is 0 Å². The molecule has 0 spiro atoms. The zero-order valence-electron chi connectivity index (χ0n) is 20.2. The van der Waals surface area contributed by atoms with E-state index in [1.54, 1.807) is 0 Å². The lowest BCUT2D eigenvalue weighted by molar-refractivity contribution is -0.0196. The molecule has 4 heterocycles. The van der Waals surface area contributed by atoms with Crippen LogP contribution in [0.3, 0.4) is 0 Å². The minimum absolute atomic E-state index is 0.00111. The second kappa shape index (κ2) is 8.52. The molecule has 2 aromatic heterocycles. The summed E-state index contributed by atoms with van der Waals surface area (Å²) in [6.07, 6.45) is 9.65. The molecule has 5 nitrogen and oxygen atoms in total. The maximum absolute atomic E-state index is 5.20. The summed E-state index contributed by atoms with van der Waals surface area (Å²) in [6.45, 7) is 7.98. The first-order chi connectivity index (χ1) is 16.1. The van der Waals surface area contributed by atoms with Crippen LogP contribution < -0.4 is 0 Å². The van der Waals surface area contributed by atoms with E-state index in [1.807, 2.05) is 6.20 Å². The maximum atomic E-state index is 5.20. The molecule has 1 aliphatic carbocycles. The third kappa shape index (κ3) is 3.70. The summed E-state index contributed by atoms with van der Waals surface area (Å²) >= 11 is 0. The third-order valence-electron chi connectivity index (χ3n) is 8.79. The van der Waals surface area contributed by atoms with E-state index in [0.717, 1.165) is 25.2 Å². The fraction of sp³-hybridized carbons (Fsp3) is 0.571. The van der Waals surface area contributed by atoms with Crippen molar-refractivity contribution in [1.29, 1.82) is 0 Å². The Hall–Kier alpha value is -2.24. The predicted octanol–water partition coefficient (Wildman–Crippen LogP) is 4.85. The molecule has 3 aromatic rings. The molecule has 6 rings (SSSR count). The average molecular weight is 444 g/mol. The Balaban J connectivity index is 1.37. The number of imidazole rings is 1. The lowest BCUT2D eigenvalue weighted by atomic mass is 9.67. The molecular formula is C28H37N5. The molecule has 2 fully saturated rings. The van der Waals surface area contributed by atoms with Crippen molar-refractivity contribution < 1.29 is 0 Å². The highest BCUT2D eigenvalue weighted by Crippen LogP contribution is 2.48. The van der Waals surface area contributed by atoms with Crippen LogP contribution in [0.4, 0.5) is 0 Å². The average Bonchev–Trinajstić information content (AvgIpc) is 3.17. The number of benzene rings is 1. The number of nitrogens with zero attached hydrogens (tertiary/aromatic N) is 5. The van der Waals surface area contributed by atoms with E-state index >= 15 is 0 Å². The van der Waals surface area contributed by atoms with E-state index in [9.17, 15) is 0 Å². The molecule has 3 atom stereocenters. The summed E-state index contributed by atoms with van der Waals surface area (Å²) in [5.74, 6) is 2.61. The molecule has 1 unspecified atom stereocenters. The van der Waals surface area contributed by atoms with Gasteiger partial charge in [0.15, 0.2) is 0 Å². The van der Waals surface area contributed by atoms with Gasteiger partial charge in [-0.25, -0.2) is 4.98 Å². The quantitative estimate of drug-likeness (QED) is 0.578. The van der Waals surface area contributed by atoms with Crippen molar-refractivity contribution >= 4 is 11.0 Å². The highest BCUT2D eigenvalue weighted by atomic mass is 15.3. The SMILES string of the molecule is CN1CCCC(Cn2c(CN3CCC[C@@H]4CCc5cccnc5[C@]43C)nc3ccccc32)C1. The zero-order chi connectivity index (χ0) is 22.4. The van der Waals surface area contributed by atoms with Crippen LogP contribution in [-0.4, -0.2) is 51.0 Å². The Morgan fingerprint density at radius 3 is 2.82 bits per heavy atom. The topological polar surface area (TPSA) is 37.2 Å². The van der Waals surface area contributed by atoms with Gasteiger partial charge in [-0.05, 0) is 101 Å². The van der Waals surface area contributed by atoms with E-state index in [0.29, 0.717) is 11.8 Å². The van der Waals surface area contributed by atoms with E-state index in [4.69, 9.17) is 9.97 Å². The summed E-state index contributed by atoms with van der Waals surface area (Å²) < 4.78 is 2.55. The third-order valence-corrected chi connectivity index (χ3v) is 8.79. The standard InChI is InChI=1S/C28H37N5/c1-28-23(14-13-22-9-5-15-29-27(22)28)10-7-17-32(28)20-26-30-24-11-3-4-12-25(24)33(26)19-21-8-6-16-31(2)18-21/h3-5,9,11-12,15,21,23H,6-8,10,13-14,16-20H2,1-2H3/t21?,23-,28+/m1/s1. The largest absolute Gasteiger partial charge is 0.327 e. The Morgan fingerprint density at radius 1 is 1.03 bits per heavy atom. The highest BCUT2D eigenvalue weighted by Gasteiger charge is 2.48. The van der Waals surface area contributed by atoms with Gasteiger partial charge in [-0.15, -0.1) is 0 Å². The first-order valence-corrected chi connectivity index (χ1v) is 12.9. The number of pyridine rings is 1. The van der Waals surface area contributed by atoms with Gasteiger partial charge >= 0.3 is 0 Å². The lowest BCUT2D eigenvalue weighted by Crippen LogP contribution is -2.55. The normalized spacial score (nSPS) is 28.5. The number of piperidine rings is 2. The van der Waals surface area contributed by atoms with Crippen LogP contribution in [0.15, 0.2) is 42.6 Å². The summed E-state index contributed by atoms with van der Waals surface area (Å²) in [5, 5.41) is 0. The van der Waals surface area contributed by atoms with Crippen molar-refractivity contribution in [2.75, 3.05) is 26.7 Å². The molecule has 33 heavy (non-hydrogen) atoms. The summed E-state index contributed by atoms with van der Waals surface area (Å²) in [5.41, 5.74) is 5.19. The monoisotopic (exact) mass is 443 g/mol. The van der Waals surface area contributed by atoms with Gasteiger partial charge in [-0.3, -0.25) is 9.88 Å². The molecule has 0 saturated carbocycles. The van der Waals surface area contributed by atoms with E-state index in [-0.39, 0.29) is 5.54 Å². The number of likely N-dealkylation sites (tertiary alicyclic amines) is 2. The molecule has 2 aliphatic heterocycles. The van der Waals surface area contributed by atoms with Crippen LogP contribution in [0.2, 0.25) is 0 Å². The molecule has 2 saturated heterocycles. The van der Waals surface area contributed by atoms with Gasteiger partial charge in [0, 0.05) is 19.3 Å². The van der Waals surface area contributed by atoms with Gasteiger partial charge < -0.3 is 9.47 Å². The number of hydrogen-bond acceptors (Lipinski definition) is 4. The van der Waals surface area contributed by atoms with Gasteiger partial charge in [0.2, 0.25) is 0 Å². The van der Waals surface area contributed by atoms with Crippen LogP contribution in [0, 0.1) is 11.8 Å². The zero-order valence-corrected chi connectivity index (χ0v) is 20.2. The molecule has 5 heteroatoms. The Bertz CT molecular complexity index is 1140. The van der Waals surface area contributed by atoms with Crippen molar-refractivity contribution in [2.45, 2.75) is 64.1 Å². The second-order valence-electron chi connectivity index (χ2n) is 10.9. The fourth-order valence-electron chi connectivity index (χ4n) is 7.04. The number of fused-ring (bicyclic) bond motifs is 4. The molecule has 174 valence electrons. The van der Waals surface area contributed by atoms with E-state index in [2.05, 4.69) is 64.7 Å². The van der Waals surface area contributed by atoms with Crippen molar-refractivity contribution in [2.24, 2.45) is 11.8 Å². The van der Waals surface area contributed by atoms with Crippen molar-refractivity contribution in [1.82, 2.24) is 24.3 Å². The van der Waals surface area contributed by atoms with Gasteiger partial charge in [0.1, 0.15) is 5.82 Å². The first-order valence-electron chi connectivity index (χ1n) is 12.9. The number of rotatable bonds is 4. The van der Waals surface area contributed by atoms with Gasteiger partial charge in [-0.2, -0.15) is 0 Å². The Morgan fingerprint density at radius 2 is 1.91 bits per heavy atom. The summed E-state index contributed by atoms with van der Waals surface area (Å²) in [7, 11) is 2.27. The van der Waals surface area contributed by atoms with Crippen molar-refractivity contribution in [3.63, 3.8) is 0 Å². The fourth-order valence-corrected chi connectivity index (χ4v) is 7.04. The number of para-hydroxylation sites is 2. The maximum Gasteiger partial charge on any atom is 0.124 e. The van der Waals surface area contributed by atoms with E-state index in [1.165, 1.54) is 74.2 Å². The summed E-state index contributed by atoms with van der Waals surface area (Å²) in [4.78, 5) is 15.4. The molecule has 0 N–H and O–H groups in total. The highest BCUT2D eigenvalue weighted by molar-refractivity contribution is 5.75. The minimum atomic E-state index is 0.00111. The van der Waals surface area contributed by atoms with Crippen molar-refractivity contribution in [3.8, 4) is 0 Å². The number of aryl methyl sites for hydroxylation is 1. The van der Waals surface area contributed by atoms with Crippen LogP contribution in [-0.2, 0) is 25.0 Å². The molecule has 0 radical (unpaired) electrons. The number of aromatic nitrogens is 3. The second-order valence-corrected chi connectivity index (χ2v) is 10.9. The predicted molar refractivity (Wildman–Crippen MR) is 133 cm³/mol. The van der Waals surface area contributed by atoms with Crippen LogP contribution in [0.1, 0.15) is 56.1 Å². The number of hydrogen-bond donors (Lipinski definition) is 0. The van der Waals surface area contributed by atoms with Crippen LogP contribution in [0.25, 0.3) is 11.0 Å². The minimum Gasteiger partial charge on any atom is -0.327 e. The van der Waals surface area contributed by atoms with E-state index < -0.39 is 0 Å². The molecule has 1 aromatic carbocycles. The van der Waals surface area contributed by atoms with Gasteiger partial charge in [0.05, 0.1) is 28.8 Å². The van der Waals surface area contributed by atoms with Gasteiger partial charge in [-0.1, -0.05) is 18.2 Å².